The molecule has 9 heteroatoms. The van der Waals surface area contributed by atoms with Gasteiger partial charge in [0.1, 0.15) is 22.3 Å². The van der Waals surface area contributed by atoms with Gasteiger partial charge in [0.15, 0.2) is 5.78 Å². The highest BCUT2D eigenvalue weighted by atomic mass is 32.1. The first-order chi connectivity index (χ1) is 15.6. The molecular formula is C23H25FN6OS. The van der Waals surface area contributed by atoms with Crippen LogP contribution in [0.1, 0.15) is 47.5 Å². The van der Waals surface area contributed by atoms with Crippen LogP contribution in [0.2, 0.25) is 0 Å². The van der Waals surface area contributed by atoms with Crippen LogP contribution < -0.4 is 10.6 Å². The SMILES string of the molecule is O=C(C[C@@H]1CCNC1)c1cnc(-c2ccc(NCC3(c4ncccc4F)CCC3)nn2)s1. The van der Waals surface area contributed by atoms with E-state index in [1.54, 1.807) is 18.5 Å². The van der Waals surface area contributed by atoms with Gasteiger partial charge < -0.3 is 10.6 Å². The lowest BCUT2D eigenvalue weighted by atomic mass is 9.66. The summed E-state index contributed by atoms with van der Waals surface area (Å²) in [6.07, 6.45) is 7.74. The van der Waals surface area contributed by atoms with Crippen molar-refractivity contribution in [1.29, 1.82) is 0 Å². The topological polar surface area (TPSA) is 92.7 Å². The fourth-order valence-electron chi connectivity index (χ4n) is 4.45. The Balaban J connectivity index is 1.22. The van der Waals surface area contributed by atoms with Gasteiger partial charge in [0.2, 0.25) is 0 Å². The van der Waals surface area contributed by atoms with E-state index in [4.69, 9.17) is 0 Å². The van der Waals surface area contributed by atoms with Crippen LogP contribution in [0.15, 0.2) is 36.7 Å². The smallest absolute Gasteiger partial charge is 0.174 e. The molecule has 0 bridgehead atoms. The van der Waals surface area contributed by atoms with Crippen molar-refractivity contribution in [2.24, 2.45) is 5.92 Å². The number of anilines is 1. The molecule has 3 aromatic rings. The Labute approximate surface area is 189 Å². The lowest BCUT2D eigenvalue weighted by Gasteiger charge is -2.41. The number of Topliss-reactive ketones (excluding diaryl/α,β-unsaturated/α-hetero) is 1. The summed E-state index contributed by atoms with van der Waals surface area (Å²) >= 11 is 1.36. The van der Waals surface area contributed by atoms with Gasteiger partial charge in [-0.05, 0) is 62.5 Å². The average molecular weight is 453 g/mol. The molecule has 1 saturated carbocycles. The highest BCUT2D eigenvalue weighted by Gasteiger charge is 2.41. The lowest BCUT2D eigenvalue weighted by Crippen LogP contribution is -2.42. The Morgan fingerprint density at radius 1 is 1.25 bits per heavy atom. The van der Waals surface area contributed by atoms with Crippen LogP contribution in [0.3, 0.4) is 0 Å². The molecular weight excluding hydrogens is 427 g/mol. The van der Waals surface area contributed by atoms with Crippen LogP contribution in [0.5, 0.6) is 0 Å². The maximum atomic E-state index is 14.3. The number of pyridine rings is 1. The Morgan fingerprint density at radius 3 is 2.84 bits per heavy atom. The molecule has 5 rings (SSSR count). The molecule has 0 amide bonds. The van der Waals surface area contributed by atoms with Gasteiger partial charge in [-0.1, -0.05) is 6.42 Å². The molecule has 0 aromatic carbocycles. The minimum absolute atomic E-state index is 0.140. The second-order valence-electron chi connectivity index (χ2n) is 8.64. The molecule has 2 fully saturated rings. The summed E-state index contributed by atoms with van der Waals surface area (Å²) in [4.78, 5) is 21.9. The average Bonchev–Trinajstić information content (AvgIpc) is 3.47. The number of carbonyl (C=O) groups is 1. The number of hydrogen-bond donors (Lipinski definition) is 2. The summed E-state index contributed by atoms with van der Waals surface area (Å²) < 4.78 is 14.3. The molecule has 0 unspecified atom stereocenters. The van der Waals surface area contributed by atoms with E-state index in [9.17, 15) is 9.18 Å². The number of nitrogens with one attached hydrogen (secondary N) is 2. The molecule has 1 aliphatic heterocycles. The molecule has 7 nitrogen and oxygen atoms in total. The number of rotatable bonds is 8. The van der Waals surface area contributed by atoms with Gasteiger partial charge in [-0.25, -0.2) is 9.37 Å². The predicted octanol–water partition coefficient (Wildman–Crippen LogP) is 3.85. The summed E-state index contributed by atoms with van der Waals surface area (Å²) in [6.45, 7) is 2.45. The number of thiazole rings is 1. The third kappa shape index (κ3) is 4.27. The van der Waals surface area contributed by atoms with Crippen molar-refractivity contribution in [3.8, 4) is 10.7 Å². The first-order valence-corrected chi connectivity index (χ1v) is 11.8. The first kappa shape index (κ1) is 21.1. The number of hydrogen-bond acceptors (Lipinski definition) is 8. The second-order valence-corrected chi connectivity index (χ2v) is 9.67. The molecule has 1 aliphatic carbocycles. The molecule has 166 valence electrons. The molecule has 1 atom stereocenters. The Bertz CT molecular complexity index is 1090. The second kappa shape index (κ2) is 8.99. The van der Waals surface area contributed by atoms with Crippen LogP contribution >= 0.6 is 11.3 Å². The monoisotopic (exact) mass is 452 g/mol. The minimum Gasteiger partial charge on any atom is -0.368 e. The third-order valence-electron chi connectivity index (χ3n) is 6.48. The Kier molecular flexibility index (Phi) is 5.93. The molecule has 0 radical (unpaired) electrons. The molecule has 2 N–H and O–H groups in total. The van der Waals surface area contributed by atoms with Gasteiger partial charge in [0, 0.05) is 30.8 Å². The fraction of sp³-hybridized carbons (Fsp3) is 0.435. The van der Waals surface area contributed by atoms with Crippen molar-refractivity contribution in [2.75, 3.05) is 25.0 Å². The summed E-state index contributed by atoms with van der Waals surface area (Å²) in [7, 11) is 0. The number of ketones is 1. The minimum atomic E-state index is -0.300. The van der Waals surface area contributed by atoms with Gasteiger partial charge in [0.05, 0.1) is 10.6 Å². The predicted molar refractivity (Wildman–Crippen MR) is 121 cm³/mol. The van der Waals surface area contributed by atoms with Gasteiger partial charge in [0.25, 0.3) is 0 Å². The summed E-state index contributed by atoms with van der Waals surface area (Å²) in [5.41, 5.74) is 0.860. The summed E-state index contributed by atoms with van der Waals surface area (Å²) in [5, 5.41) is 15.8. The molecule has 3 aromatic heterocycles. The van der Waals surface area contributed by atoms with E-state index in [0.29, 0.717) is 46.0 Å². The van der Waals surface area contributed by atoms with Crippen molar-refractivity contribution in [1.82, 2.24) is 25.5 Å². The van der Waals surface area contributed by atoms with Gasteiger partial charge in [-0.15, -0.1) is 21.5 Å². The number of nitrogens with zero attached hydrogens (tertiary/aromatic N) is 4. The fourth-order valence-corrected chi connectivity index (χ4v) is 5.28. The zero-order chi connectivity index (χ0) is 22.0. The van der Waals surface area contributed by atoms with Crippen molar-refractivity contribution in [3.63, 3.8) is 0 Å². The van der Waals surface area contributed by atoms with Gasteiger partial charge >= 0.3 is 0 Å². The van der Waals surface area contributed by atoms with Crippen LogP contribution in [-0.4, -0.2) is 45.6 Å². The molecule has 0 spiro atoms. The van der Waals surface area contributed by atoms with Crippen LogP contribution in [-0.2, 0) is 5.41 Å². The maximum Gasteiger partial charge on any atom is 0.174 e. The zero-order valence-corrected chi connectivity index (χ0v) is 18.5. The molecule has 32 heavy (non-hydrogen) atoms. The van der Waals surface area contributed by atoms with E-state index in [0.717, 1.165) is 38.8 Å². The quantitative estimate of drug-likeness (QED) is 0.502. The van der Waals surface area contributed by atoms with Gasteiger partial charge in [-0.3, -0.25) is 9.78 Å². The van der Waals surface area contributed by atoms with Crippen LogP contribution in [0.4, 0.5) is 10.2 Å². The first-order valence-electron chi connectivity index (χ1n) is 11.0. The highest BCUT2D eigenvalue weighted by Crippen LogP contribution is 2.43. The number of carbonyl (C=O) groups excluding carboxylic acids is 1. The van der Waals surface area contributed by atoms with Crippen molar-refractivity contribution in [3.05, 3.63) is 53.0 Å². The third-order valence-corrected chi connectivity index (χ3v) is 7.54. The van der Waals surface area contributed by atoms with Crippen LogP contribution in [0.25, 0.3) is 10.7 Å². The number of aromatic nitrogens is 4. The van der Waals surface area contributed by atoms with E-state index in [1.165, 1.54) is 17.4 Å². The van der Waals surface area contributed by atoms with Crippen LogP contribution in [0, 0.1) is 11.7 Å². The Morgan fingerprint density at radius 2 is 2.16 bits per heavy atom. The highest BCUT2D eigenvalue weighted by molar-refractivity contribution is 7.16. The normalized spacial score (nSPS) is 19.5. The lowest BCUT2D eigenvalue weighted by molar-refractivity contribution is 0.0968. The van der Waals surface area contributed by atoms with Crippen molar-refractivity contribution >= 4 is 22.9 Å². The van der Waals surface area contributed by atoms with E-state index < -0.39 is 0 Å². The molecule has 2 aliphatic rings. The molecule has 4 heterocycles. The van der Waals surface area contributed by atoms with E-state index in [1.807, 2.05) is 12.1 Å². The Hall–Kier alpha value is -2.78. The van der Waals surface area contributed by atoms with Crippen molar-refractivity contribution in [2.45, 2.75) is 37.5 Å². The maximum absolute atomic E-state index is 14.3. The molecule has 1 saturated heterocycles. The summed E-state index contributed by atoms with van der Waals surface area (Å²) in [5.74, 6) is 0.921. The van der Waals surface area contributed by atoms with E-state index in [-0.39, 0.29) is 17.0 Å². The van der Waals surface area contributed by atoms with Gasteiger partial charge in [-0.2, -0.15) is 0 Å². The number of halogens is 1. The van der Waals surface area contributed by atoms with E-state index in [2.05, 4.69) is 30.8 Å². The van der Waals surface area contributed by atoms with E-state index >= 15 is 0 Å². The van der Waals surface area contributed by atoms with Crippen molar-refractivity contribution < 1.29 is 9.18 Å². The summed E-state index contributed by atoms with van der Waals surface area (Å²) in [6, 6.07) is 6.77. The largest absolute Gasteiger partial charge is 0.368 e. The zero-order valence-electron chi connectivity index (χ0n) is 17.7. The standard InChI is InChI=1S/C23H25FN6OS/c24-16-3-1-9-26-21(16)23(7-2-8-23)14-28-20-5-4-17(29-30-20)22-27-13-19(32-22)18(31)11-15-6-10-25-12-15/h1,3-5,9,13,15,25H,2,6-8,10-12,14H2,(H,28,30)/t15-/m0/s1.